The Hall–Kier alpha value is -1.16. The Morgan fingerprint density at radius 2 is 1.55 bits per heavy atom. The van der Waals surface area contributed by atoms with E-state index in [-0.39, 0.29) is 0 Å². The van der Waals surface area contributed by atoms with Gasteiger partial charge in [-0.3, -0.25) is 0 Å². The highest BCUT2D eigenvalue weighted by molar-refractivity contribution is 5.47. The van der Waals surface area contributed by atoms with Crippen LogP contribution in [0.1, 0.15) is 24.0 Å². The second-order valence-corrected chi connectivity index (χ2v) is 4.62. The Balaban J connectivity index is 1.92. The van der Waals surface area contributed by atoms with E-state index in [2.05, 4.69) is 30.8 Å². The van der Waals surface area contributed by atoms with Gasteiger partial charge in [-0.15, -0.1) is 0 Å². The molecule has 1 aromatic carbocycles. The third-order valence-corrected chi connectivity index (χ3v) is 3.02. The first kappa shape index (κ1) is 16.9. The smallest absolute Gasteiger partial charge is 0.0701 e. The van der Waals surface area contributed by atoms with Gasteiger partial charge in [-0.05, 0) is 30.4 Å². The van der Waals surface area contributed by atoms with Gasteiger partial charge in [0.2, 0.25) is 0 Å². The second kappa shape index (κ2) is 11.6. The third kappa shape index (κ3) is 8.10. The molecule has 0 fully saturated rings. The van der Waals surface area contributed by atoms with Crippen LogP contribution in [0.4, 0.5) is 0 Å². The normalized spacial score (nSPS) is 10.7. The van der Waals surface area contributed by atoms with Gasteiger partial charge < -0.3 is 14.2 Å². The molecule has 0 unspecified atom stereocenters. The molecule has 0 aliphatic rings. The van der Waals surface area contributed by atoms with E-state index in [1.807, 2.05) is 6.08 Å². The molecule has 0 aliphatic carbocycles. The van der Waals surface area contributed by atoms with Gasteiger partial charge in [0.25, 0.3) is 0 Å². The zero-order valence-electron chi connectivity index (χ0n) is 12.5. The first-order chi connectivity index (χ1) is 9.86. The number of unbranched alkanes of at least 4 members (excludes halogenated alkanes) is 1. The summed E-state index contributed by atoms with van der Waals surface area (Å²) in [5.74, 6) is 0. The van der Waals surface area contributed by atoms with Crippen molar-refractivity contribution in [3.63, 3.8) is 0 Å². The molecule has 0 radical (unpaired) electrons. The number of benzene rings is 1. The average molecular weight is 278 g/mol. The zero-order chi connectivity index (χ0) is 14.5. The van der Waals surface area contributed by atoms with E-state index in [0.29, 0.717) is 26.4 Å². The van der Waals surface area contributed by atoms with Crippen LogP contribution in [-0.2, 0) is 20.6 Å². The molecule has 0 aromatic heterocycles. The quantitative estimate of drug-likeness (QED) is 0.549. The van der Waals surface area contributed by atoms with E-state index in [9.17, 15) is 0 Å². The largest absolute Gasteiger partial charge is 0.382 e. The summed E-state index contributed by atoms with van der Waals surface area (Å²) >= 11 is 0. The van der Waals surface area contributed by atoms with Crippen LogP contribution in [0.15, 0.2) is 30.8 Å². The van der Waals surface area contributed by atoms with E-state index in [0.717, 1.165) is 25.9 Å². The molecular weight excluding hydrogens is 252 g/mol. The van der Waals surface area contributed by atoms with Crippen LogP contribution in [0.3, 0.4) is 0 Å². The van der Waals surface area contributed by atoms with E-state index in [1.165, 1.54) is 11.1 Å². The van der Waals surface area contributed by atoms with E-state index >= 15 is 0 Å². The van der Waals surface area contributed by atoms with Gasteiger partial charge >= 0.3 is 0 Å². The highest BCUT2D eigenvalue weighted by Gasteiger charge is 1.95. The molecule has 1 rings (SSSR count). The highest BCUT2D eigenvalue weighted by Crippen LogP contribution is 2.08. The first-order valence-electron chi connectivity index (χ1n) is 7.22. The maximum atomic E-state index is 5.51. The van der Waals surface area contributed by atoms with Crippen molar-refractivity contribution in [2.45, 2.75) is 19.3 Å². The van der Waals surface area contributed by atoms with E-state index in [4.69, 9.17) is 14.2 Å². The standard InChI is InChI=1S/C17H26O3/c1-3-16-7-9-17(10-8-16)6-4-5-11-19-14-15-20-13-12-18-2/h3,7-10H,1,4-6,11-15H2,2H3. The van der Waals surface area contributed by atoms with Crippen LogP contribution in [0.25, 0.3) is 6.08 Å². The molecule has 0 bridgehead atoms. The monoisotopic (exact) mass is 278 g/mol. The number of methoxy groups -OCH3 is 1. The van der Waals surface area contributed by atoms with Gasteiger partial charge in [0.1, 0.15) is 0 Å². The van der Waals surface area contributed by atoms with Crippen LogP contribution in [0.5, 0.6) is 0 Å². The van der Waals surface area contributed by atoms with Crippen molar-refractivity contribution >= 4 is 6.08 Å². The lowest BCUT2D eigenvalue weighted by atomic mass is 10.1. The molecule has 0 heterocycles. The average Bonchev–Trinajstić information content (AvgIpc) is 2.50. The maximum absolute atomic E-state index is 5.51. The van der Waals surface area contributed by atoms with Crippen molar-refractivity contribution in [3.8, 4) is 0 Å². The molecule has 1 aromatic rings. The van der Waals surface area contributed by atoms with Gasteiger partial charge in [-0.25, -0.2) is 0 Å². The van der Waals surface area contributed by atoms with Crippen LogP contribution in [0, 0.1) is 0 Å². The molecule has 0 saturated carbocycles. The SMILES string of the molecule is C=Cc1ccc(CCCCOCCOCCOC)cc1. The summed E-state index contributed by atoms with van der Waals surface area (Å²) in [6.07, 6.45) is 5.21. The summed E-state index contributed by atoms with van der Waals surface area (Å²) in [7, 11) is 1.67. The molecule has 3 heteroatoms. The fraction of sp³-hybridized carbons (Fsp3) is 0.529. The predicted molar refractivity (Wildman–Crippen MR) is 83.0 cm³/mol. The fourth-order valence-corrected chi connectivity index (χ4v) is 1.82. The van der Waals surface area contributed by atoms with Gasteiger partial charge in [-0.1, -0.05) is 36.9 Å². The topological polar surface area (TPSA) is 27.7 Å². The lowest BCUT2D eigenvalue weighted by molar-refractivity contribution is 0.0240. The summed E-state index contributed by atoms with van der Waals surface area (Å²) in [5.41, 5.74) is 2.55. The Bertz CT molecular complexity index is 346. The molecule has 0 atom stereocenters. The molecule has 112 valence electrons. The summed E-state index contributed by atoms with van der Waals surface area (Å²) < 4.78 is 15.7. The van der Waals surface area contributed by atoms with Crippen LogP contribution < -0.4 is 0 Å². The van der Waals surface area contributed by atoms with Crippen molar-refractivity contribution < 1.29 is 14.2 Å². The summed E-state index contributed by atoms with van der Waals surface area (Å²) in [4.78, 5) is 0. The molecule has 3 nitrogen and oxygen atoms in total. The van der Waals surface area contributed by atoms with Crippen LogP contribution in [-0.4, -0.2) is 40.1 Å². The van der Waals surface area contributed by atoms with Gasteiger partial charge in [0.15, 0.2) is 0 Å². The van der Waals surface area contributed by atoms with Crippen molar-refractivity contribution in [1.82, 2.24) is 0 Å². The van der Waals surface area contributed by atoms with Gasteiger partial charge in [0, 0.05) is 13.7 Å². The van der Waals surface area contributed by atoms with Crippen molar-refractivity contribution in [2.75, 3.05) is 40.1 Å². The fourth-order valence-electron chi connectivity index (χ4n) is 1.82. The molecular formula is C17H26O3. The minimum atomic E-state index is 0.639. The third-order valence-electron chi connectivity index (χ3n) is 3.02. The number of hydrogen-bond donors (Lipinski definition) is 0. The van der Waals surface area contributed by atoms with Crippen LogP contribution in [0.2, 0.25) is 0 Å². The van der Waals surface area contributed by atoms with Crippen molar-refractivity contribution in [3.05, 3.63) is 42.0 Å². The van der Waals surface area contributed by atoms with E-state index < -0.39 is 0 Å². The summed E-state index contributed by atoms with van der Waals surface area (Å²) in [5, 5.41) is 0. The predicted octanol–water partition coefficient (Wildman–Crippen LogP) is 3.33. The van der Waals surface area contributed by atoms with Crippen LogP contribution >= 0.6 is 0 Å². The molecule has 0 N–H and O–H groups in total. The summed E-state index contributed by atoms with van der Waals surface area (Å²) in [6.45, 7) is 7.15. The Kier molecular flexibility index (Phi) is 9.84. The molecule has 0 spiro atoms. The van der Waals surface area contributed by atoms with Crippen molar-refractivity contribution in [1.29, 1.82) is 0 Å². The Morgan fingerprint density at radius 3 is 2.20 bits per heavy atom. The minimum Gasteiger partial charge on any atom is -0.382 e. The molecule has 20 heavy (non-hydrogen) atoms. The van der Waals surface area contributed by atoms with Gasteiger partial charge in [0.05, 0.1) is 26.4 Å². The lowest BCUT2D eigenvalue weighted by Gasteiger charge is -2.06. The molecule has 0 amide bonds. The first-order valence-corrected chi connectivity index (χ1v) is 7.22. The summed E-state index contributed by atoms with van der Waals surface area (Å²) in [6, 6.07) is 8.55. The second-order valence-electron chi connectivity index (χ2n) is 4.62. The zero-order valence-corrected chi connectivity index (χ0v) is 12.5. The number of rotatable bonds is 12. The number of hydrogen-bond acceptors (Lipinski definition) is 3. The lowest BCUT2D eigenvalue weighted by Crippen LogP contribution is -2.08. The Labute approximate surface area is 122 Å². The van der Waals surface area contributed by atoms with Gasteiger partial charge in [-0.2, -0.15) is 0 Å². The number of aryl methyl sites for hydroxylation is 1. The Morgan fingerprint density at radius 1 is 0.900 bits per heavy atom. The number of ether oxygens (including phenoxy) is 3. The highest BCUT2D eigenvalue weighted by atomic mass is 16.5. The molecule has 0 aliphatic heterocycles. The van der Waals surface area contributed by atoms with E-state index in [1.54, 1.807) is 7.11 Å². The van der Waals surface area contributed by atoms with Crippen molar-refractivity contribution in [2.24, 2.45) is 0 Å². The minimum absolute atomic E-state index is 0.639. The maximum Gasteiger partial charge on any atom is 0.0701 e. The molecule has 0 saturated heterocycles.